The molecule has 0 aliphatic rings. The van der Waals surface area contributed by atoms with E-state index in [1.54, 1.807) is 26.2 Å². The van der Waals surface area contributed by atoms with E-state index in [1.807, 2.05) is 31.0 Å². The molecule has 0 aliphatic heterocycles. The quantitative estimate of drug-likeness (QED) is 0.261. The molecule has 1 N–H and O–H groups in total. The number of likely N-dealkylation sites (N-methyl/N-ethyl adjacent to an activating group) is 2. The first-order valence-corrected chi connectivity index (χ1v) is 8.39. The lowest BCUT2D eigenvalue weighted by Gasteiger charge is -2.23. The van der Waals surface area contributed by atoms with Crippen LogP contribution in [0.1, 0.15) is 6.92 Å². The second kappa shape index (κ2) is 12.8. The van der Waals surface area contributed by atoms with Crippen molar-refractivity contribution in [3.05, 3.63) is 41.4 Å². The predicted molar refractivity (Wildman–Crippen MR) is 119 cm³/mol. The minimum absolute atomic E-state index is 0. The van der Waals surface area contributed by atoms with Crippen molar-refractivity contribution in [3.8, 4) is 5.75 Å². The number of carbonyl (C=O) groups excluding carboxylic acids is 1. The molecule has 0 aliphatic carbocycles. The van der Waals surface area contributed by atoms with E-state index in [-0.39, 0.29) is 36.4 Å². The number of hydrogen-bond donors (Lipinski definition) is 1. The van der Waals surface area contributed by atoms with Gasteiger partial charge in [-0.1, -0.05) is 23.8 Å². The number of carbonyl (C=O) groups is 1. The van der Waals surface area contributed by atoms with Gasteiger partial charge in [0.1, 0.15) is 18.9 Å². The lowest BCUT2D eigenvalue weighted by atomic mass is 10.3. The van der Waals surface area contributed by atoms with Gasteiger partial charge in [0, 0.05) is 32.7 Å². The summed E-state index contributed by atoms with van der Waals surface area (Å²) >= 11 is 5.85. The van der Waals surface area contributed by atoms with Crippen molar-refractivity contribution < 1.29 is 9.53 Å². The fraction of sp³-hybridized carbons (Fsp3) is 0.444. The number of nitrogens with one attached hydrogen (secondary N) is 1. The Balaban J connectivity index is 0.00000625. The second-order valence-corrected chi connectivity index (χ2v) is 6.40. The van der Waals surface area contributed by atoms with E-state index >= 15 is 0 Å². The normalized spacial score (nSPS) is 10.6. The highest BCUT2D eigenvalue weighted by molar-refractivity contribution is 14.0. The first kappa shape index (κ1) is 24.5. The third-order valence-corrected chi connectivity index (χ3v) is 3.53. The van der Waals surface area contributed by atoms with E-state index in [9.17, 15) is 4.79 Å². The number of aliphatic imine (C=N–C) groups is 1. The fourth-order valence-electron chi connectivity index (χ4n) is 1.76. The van der Waals surface area contributed by atoms with Gasteiger partial charge in [0.25, 0.3) is 0 Å². The SMILES string of the molecule is C=C(C)CNC(=NCC(=O)N(C)C)N(C)CCOc1ccc(Cl)cc1.I. The number of benzene rings is 1. The molecular formula is C18H28ClIN4O2. The Kier molecular flexibility index (Phi) is 12.1. The summed E-state index contributed by atoms with van der Waals surface area (Å²) in [4.78, 5) is 19.6. The fourth-order valence-corrected chi connectivity index (χ4v) is 1.89. The molecule has 1 rings (SSSR count). The Morgan fingerprint density at radius 3 is 2.42 bits per heavy atom. The standard InChI is InChI=1S/C18H27ClN4O2.HI/c1-14(2)12-20-18(21-13-17(24)22(3)4)23(5)10-11-25-16-8-6-15(19)7-9-16;/h6-9H,1,10-13H2,2-5H3,(H,20,21);1H. The van der Waals surface area contributed by atoms with Crippen molar-refractivity contribution in [2.45, 2.75) is 6.92 Å². The minimum Gasteiger partial charge on any atom is -0.492 e. The van der Waals surface area contributed by atoms with Crippen LogP contribution < -0.4 is 10.1 Å². The van der Waals surface area contributed by atoms with Crippen molar-refractivity contribution in [2.24, 2.45) is 4.99 Å². The lowest BCUT2D eigenvalue weighted by Crippen LogP contribution is -2.42. The highest BCUT2D eigenvalue weighted by atomic mass is 127. The monoisotopic (exact) mass is 494 g/mol. The first-order valence-electron chi connectivity index (χ1n) is 8.02. The molecule has 6 nitrogen and oxygen atoms in total. The first-order chi connectivity index (χ1) is 11.8. The Hall–Kier alpha value is -1.48. The number of rotatable bonds is 8. The zero-order chi connectivity index (χ0) is 18.8. The summed E-state index contributed by atoms with van der Waals surface area (Å²) in [5, 5.41) is 3.88. The van der Waals surface area contributed by atoms with Gasteiger partial charge < -0.3 is 19.9 Å². The predicted octanol–water partition coefficient (Wildman–Crippen LogP) is 2.88. The van der Waals surface area contributed by atoms with Gasteiger partial charge in [0.05, 0.1) is 6.54 Å². The summed E-state index contributed by atoms with van der Waals surface area (Å²) in [5.74, 6) is 1.34. The summed E-state index contributed by atoms with van der Waals surface area (Å²) < 4.78 is 5.70. The van der Waals surface area contributed by atoms with Crippen molar-refractivity contribution in [2.75, 3.05) is 47.4 Å². The Morgan fingerprint density at radius 1 is 1.27 bits per heavy atom. The topological polar surface area (TPSA) is 57.2 Å². The molecular weight excluding hydrogens is 467 g/mol. The van der Waals surface area contributed by atoms with Gasteiger partial charge in [-0.25, -0.2) is 4.99 Å². The Morgan fingerprint density at radius 2 is 1.88 bits per heavy atom. The molecule has 8 heteroatoms. The molecule has 1 aromatic carbocycles. The summed E-state index contributed by atoms with van der Waals surface area (Å²) in [6.45, 7) is 7.58. The van der Waals surface area contributed by atoms with Gasteiger partial charge >= 0.3 is 0 Å². The summed E-state index contributed by atoms with van der Waals surface area (Å²) in [5.41, 5.74) is 0.984. The number of ether oxygens (including phenoxy) is 1. The Bertz CT molecular complexity index is 606. The molecule has 0 saturated carbocycles. The maximum Gasteiger partial charge on any atom is 0.243 e. The van der Waals surface area contributed by atoms with E-state index in [0.29, 0.717) is 30.7 Å². The van der Waals surface area contributed by atoms with Crippen LogP contribution in [-0.2, 0) is 4.79 Å². The number of amides is 1. The highest BCUT2D eigenvalue weighted by Gasteiger charge is 2.09. The highest BCUT2D eigenvalue weighted by Crippen LogP contribution is 2.15. The van der Waals surface area contributed by atoms with Gasteiger partial charge in [-0.2, -0.15) is 0 Å². The van der Waals surface area contributed by atoms with Crippen LogP contribution in [0.5, 0.6) is 5.75 Å². The van der Waals surface area contributed by atoms with E-state index in [1.165, 1.54) is 4.90 Å². The van der Waals surface area contributed by atoms with Gasteiger partial charge in [-0.3, -0.25) is 4.79 Å². The van der Waals surface area contributed by atoms with Crippen molar-refractivity contribution >= 4 is 47.4 Å². The maximum atomic E-state index is 11.8. The molecule has 0 bridgehead atoms. The zero-order valence-electron chi connectivity index (χ0n) is 15.8. The Labute approximate surface area is 178 Å². The van der Waals surface area contributed by atoms with Crippen LogP contribution >= 0.6 is 35.6 Å². The molecule has 0 unspecified atom stereocenters. The van der Waals surface area contributed by atoms with Gasteiger partial charge in [0.2, 0.25) is 5.91 Å². The van der Waals surface area contributed by atoms with Gasteiger partial charge in [0.15, 0.2) is 5.96 Å². The molecule has 0 fully saturated rings. The summed E-state index contributed by atoms with van der Waals surface area (Å²) in [6, 6.07) is 7.22. The van der Waals surface area contributed by atoms with E-state index < -0.39 is 0 Å². The van der Waals surface area contributed by atoms with Gasteiger partial charge in [-0.05, 0) is 31.2 Å². The van der Waals surface area contributed by atoms with Crippen LogP contribution in [0.2, 0.25) is 5.02 Å². The minimum atomic E-state index is -0.0551. The van der Waals surface area contributed by atoms with E-state index in [4.69, 9.17) is 16.3 Å². The third-order valence-electron chi connectivity index (χ3n) is 3.28. The molecule has 1 aromatic rings. The second-order valence-electron chi connectivity index (χ2n) is 5.96. The number of guanidine groups is 1. The largest absolute Gasteiger partial charge is 0.492 e. The number of halogens is 2. The molecule has 146 valence electrons. The molecule has 0 aromatic heterocycles. The van der Waals surface area contributed by atoms with Crippen molar-refractivity contribution in [1.82, 2.24) is 15.1 Å². The van der Waals surface area contributed by atoms with Crippen LogP contribution in [0, 0.1) is 0 Å². The van der Waals surface area contributed by atoms with Crippen LogP contribution in [-0.4, -0.2) is 69.1 Å². The summed E-state index contributed by atoms with van der Waals surface area (Å²) in [6.07, 6.45) is 0. The van der Waals surface area contributed by atoms with Crippen molar-refractivity contribution in [1.29, 1.82) is 0 Å². The van der Waals surface area contributed by atoms with Crippen LogP contribution in [0.4, 0.5) is 0 Å². The summed E-state index contributed by atoms with van der Waals surface area (Å²) in [7, 11) is 5.32. The molecule has 0 radical (unpaired) electrons. The third kappa shape index (κ3) is 9.86. The van der Waals surface area contributed by atoms with Gasteiger partial charge in [-0.15, -0.1) is 24.0 Å². The molecule has 26 heavy (non-hydrogen) atoms. The van der Waals surface area contributed by atoms with Crippen LogP contribution in [0.15, 0.2) is 41.4 Å². The van der Waals surface area contributed by atoms with Crippen LogP contribution in [0.3, 0.4) is 0 Å². The van der Waals surface area contributed by atoms with E-state index in [0.717, 1.165) is 11.3 Å². The molecule has 1 amide bonds. The lowest BCUT2D eigenvalue weighted by molar-refractivity contribution is -0.127. The average molecular weight is 495 g/mol. The number of nitrogens with zero attached hydrogens (tertiary/aromatic N) is 3. The smallest absolute Gasteiger partial charge is 0.243 e. The average Bonchev–Trinajstić information content (AvgIpc) is 2.55. The zero-order valence-corrected chi connectivity index (χ0v) is 18.9. The number of hydrogen-bond acceptors (Lipinski definition) is 3. The molecule has 0 atom stereocenters. The molecule has 0 spiro atoms. The molecule has 0 heterocycles. The van der Waals surface area contributed by atoms with Crippen molar-refractivity contribution in [3.63, 3.8) is 0 Å². The van der Waals surface area contributed by atoms with Crippen LogP contribution in [0.25, 0.3) is 0 Å². The maximum absolute atomic E-state index is 11.8. The molecule has 0 saturated heterocycles. The van der Waals surface area contributed by atoms with E-state index in [2.05, 4.69) is 16.9 Å².